The molecule has 1 saturated heterocycles. The molecular weight excluding hydrogens is 454 g/mol. The zero-order valence-electron chi connectivity index (χ0n) is 19.1. The maximum absolute atomic E-state index is 13.4. The van der Waals surface area contributed by atoms with Gasteiger partial charge in [0.25, 0.3) is 11.8 Å². The van der Waals surface area contributed by atoms with Gasteiger partial charge in [0.05, 0.1) is 5.69 Å². The fraction of sp³-hybridized carbons (Fsp3) is 0.192. The summed E-state index contributed by atoms with van der Waals surface area (Å²) in [6, 6.07) is 13.5. The molecule has 2 aromatic carbocycles. The highest BCUT2D eigenvalue weighted by molar-refractivity contribution is 7.80. The SMILES string of the molecule is Cc1ccc(-n2c(C)cc(/C=C3\C(=O)NC(=S)N(c4ccc(C)c(Cl)c4)C3=O)c2C)cc1C. The molecule has 0 unspecified atom stereocenters. The van der Waals surface area contributed by atoms with Crippen LogP contribution >= 0.6 is 23.8 Å². The lowest BCUT2D eigenvalue weighted by atomic mass is 10.1. The van der Waals surface area contributed by atoms with Crippen LogP contribution in [0.15, 0.2) is 48.0 Å². The number of aryl methyl sites for hydroxylation is 4. The number of hydrogen-bond donors (Lipinski definition) is 1. The van der Waals surface area contributed by atoms with Gasteiger partial charge in [-0.05, 0) is 105 Å². The van der Waals surface area contributed by atoms with Crippen LogP contribution in [0.4, 0.5) is 5.69 Å². The number of hydrogen-bond acceptors (Lipinski definition) is 3. The van der Waals surface area contributed by atoms with Crippen molar-refractivity contribution in [3.8, 4) is 5.69 Å². The molecule has 0 saturated carbocycles. The van der Waals surface area contributed by atoms with Gasteiger partial charge < -0.3 is 4.57 Å². The van der Waals surface area contributed by atoms with Crippen molar-refractivity contribution in [3.63, 3.8) is 0 Å². The normalized spacial score (nSPS) is 15.4. The molecule has 5 nitrogen and oxygen atoms in total. The van der Waals surface area contributed by atoms with E-state index >= 15 is 0 Å². The highest BCUT2D eigenvalue weighted by Crippen LogP contribution is 2.28. The summed E-state index contributed by atoms with van der Waals surface area (Å²) in [6.45, 7) is 10.0. The van der Waals surface area contributed by atoms with Crippen molar-refractivity contribution >= 4 is 52.5 Å². The third-order valence-electron chi connectivity index (χ3n) is 6.03. The average Bonchev–Trinajstić information content (AvgIpc) is 3.03. The van der Waals surface area contributed by atoms with Crippen molar-refractivity contribution in [1.29, 1.82) is 0 Å². The van der Waals surface area contributed by atoms with E-state index in [4.69, 9.17) is 23.8 Å². The Labute approximate surface area is 203 Å². The maximum Gasteiger partial charge on any atom is 0.270 e. The summed E-state index contributed by atoms with van der Waals surface area (Å²) in [7, 11) is 0. The van der Waals surface area contributed by atoms with Crippen molar-refractivity contribution in [2.75, 3.05) is 4.90 Å². The van der Waals surface area contributed by atoms with Gasteiger partial charge in [-0.2, -0.15) is 0 Å². The molecule has 3 aromatic rings. The topological polar surface area (TPSA) is 54.3 Å². The number of thiocarbonyl (C=S) groups is 1. The van der Waals surface area contributed by atoms with E-state index in [-0.39, 0.29) is 10.7 Å². The molecule has 0 aliphatic carbocycles. The van der Waals surface area contributed by atoms with Crippen molar-refractivity contribution in [3.05, 3.63) is 86.7 Å². The van der Waals surface area contributed by atoms with Gasteiger partial charge >= 0.3 is 0 Å². The molecule has 1 aliphatic heterocycles. The number of amides is 2. The van der Waals surface area contributed by atoms with Gasteiger partial charge in [-0.1, -0.05) is 23.7 Å². The first kappa shape index (κ1) is 23.0. The third kappa shape index (κ3) is 4.12. The van der Waals surface area contributed by atoms with Crippen molar-refractivity contribution in [2.45, 2.75) is 34.6 Å². The van der Waals surface area contributed by atoms with E-state index in [0.29, 0.717) is 10.7 Å². The second-order valence-electron chi connectivity index (χ2n) is 8.32. The molecule has 1 aromatic heterocycles. The summed E-state index contributed by atoms with van der Waals surface area (Å²) in [6.07, 6.45) is 1.63. The Kier molecular flexibility index (Phi) is 5.99. The van der Waals surface area contributed by atoms with Gasteiger partial charge in [0.15, 0.2) is 5.11 Å². The summed E-state index contributed by atoms with van der Waals surface area (Å²) in [5.41, 5.74) is 7.59. The Morgan fingerprint density at radius 3 is 2.21 bits per heavy atom. The Hall–Kier alpha value is -3.22. The fourth-order valence-corrected chi connectivity index (χ4v) is 4.42. The number of aromatic nitrogens is 1. The van der Waals surface area contributed by atoms with E-state index in [1.54, 1.807) is 18.2 Å². The zero-order chi connectivity index (χ0) is 24.0. The van der Waals surface area contributed by atoms with Crippen LogP contribution in [0.25, 0.3) is 11.8 Å². The first-order valence-electron chi connectivity index (χ1n) is 10.5. The van der Waals surface area contributed by atoms with Crippen LogP contribution in [0.3, 0.4) is 0 Å². The van der Waals surface area contributed by atoms with E-state index < -0.39 is 11.8 Å². The van der Waals surface area contributed by atoms with Crippen molar-refractivity contribution < 1.29 is 9.59 Å². The molecule has 33 heavy (non-hydrogen) atoms. The highest BCUT2D eigenvalue weighted by atomic mass is 35.5. The number of halogens is 1. The third-order valence-corrected chi connectivity index (χ3v) is 6.73. The van der Waals surface area contributed by atoms with E-state index in [2.05, 4.69) is 41.9 Å². The number of carbonyl (C=O) groups excluding carboxylic acids is 2. The molecule has 1 N–H and O–H groups in total. The van der Waals surface area contributed by atoms with Crippen LogP contribution in [0, 0.1) is 34.6 Å². The monoisotopic (exact) mass is 477 g/mol. The van der Waals surface area contributed by atoms with Crippen LogP contribution in [-0.2, 0) is 9.59 Å². The number of rotatable bonds is 3. The molecule has 0 bridgehead atoms. The summed E-state index contributed by atoms with van der Waals surface area (Å²) >= 11 is 11.6. The minimum atomic E-state index is -0.518. The molecule has 0 spiro atoms. The van der Waals surface area contributed by atoms with Crippen molar-refractivity contribution in [2.24, 2.45) is 0 Å². The van der Waals surface area contributed by atoms with E-state index in [0.717, 1.165) is 28.2 Å². The molecular formula is C26H24ClN3O2S. The van der Waals surface area contributed by atoms with Gasteiger partial charge in [0, 0.05) is 22.1 Å². The number of nitrogens with zero attached hydrogens (tertiary/aromatic N) is 2. The summed E-state index contributed by atoms with van der Waals surface area (Å²) < 4.78 is 2.12. The van der Waals surface area contributed by atoms with Crippen LogP contribution in [-0.4, -0.2) is 21.5 Å². The van der Waals surface area contributed by atoms with E-state index in [1.165, 1.54) is 16.0 Å². The number of carbonyl (C=O) groups is 2. The van der Waals surface area contributed by atoms with Gasteiger partial charge in [0.1, 0.15) is 5.57 Å². The zero-order valence-corrected chi connectivity index (χ0v) is 20.7. The van der Waals surface area contributed by atoms with E-state index in [1.807, 2.05) is 32.9 Å². The minimum Gasteiger partial charge on any atom is -0.318 e. The van der Waals surface area contributed by atoms with Crippen LogP contribution in [0.1, 0.15) is 33.6 Å². The molecule has 2 heterocycles. The quantitative estimate of drug-likeness (QED) is 0.307. The smallest absolute Gasteiger partial charge is 0.270 e. The maximum atomic E-state index is 13.4. The molecule has 0 radical (unpaired) electrons. The van der Waals surface area contributed by atoms with Crippen LogP contribution in [0.5, 0.6) is 0 Å². The fourth-order valence-electron chi connectivity index (χ4n) is 3.96. The Morgan fingerprint density at radius 1 is 0.879 bits per heavy atom. The van der Waals surface area contributed by atoms with Gasteiger partial charge in [-0.3, -0.25) is 19.8 Å². The summed E-state index contributed by atoms with van der Waals surface area (Å²) in [4.78, 5) is 27.4. The predicted octanol–water partition coefficient (Wildman–Crippen LogP) is 5.50. The van der Waals surface area contributed by atoms with Crippen LogP contribution in [0.2, 0.25) is 5.02 Å². The lowest BCUT2D eigenvalue weighted by Gasteiger charge is -2.29. The average molecular weight is 478 g/mol. The van der Waals surface area contributed by atoms with Gasteiger partial charge in [-0.15, -0.1) is 0 Å². The Balaban J connectivity index is 1.77. The first-order chi connectivity index (χ1) is 15.6. The molecule has 7 heteroatoms. The molecule has 0 atom stereocenters. The molecule has 168 valence electrons. The molecule has 1 fully saturated rings. The van der Waals surface area contributed by atoms with Crippen LogP contribution < -0.4 is 10.2 Å². The molecule has 1 aliphatic rings. The molecule has 2 amide bonds. The number of nitrogens with one attached hydrogen (secondary N) is 1. The highest BCUT2D eigenvalue weighted by Gasteiger charge is 2.35. The second kappa shape index (κ2) is 8.61. The van der Waals surface area contributed by atoms with Gasteiger partial charge in [0.2, 0.25) is 0 Å². The Bertz CT molecular complexity index is 1370. The van der Waals surface area contributed by atoms with Crippen molar-refractivity contribution in [1.82, 2.24) is 9.88 Å². The first-order valence-corrected chi connectivity index (χ1v) is 11.3. The number of benzene rings is 2. The lowest BCUT2D eigenvalue weighted by Crippen LogP contribution is -2.54. The largest absolute Gasteiger partial charge is 0.318 e. The summed E-state index contributed by atoms with van der Waals surface area (Å²) in [5, 5.41) is 3.17. The number of anilines is 1. The summed E-state index contributed by atoms with van der Waals surface area (Å²) in [5.74, 6) is -1.00. The van der Waals surface area contributed by atoms with Gasteiger partial charge in [-0.25, -0.2) is 0 Å². The molecule has 4 rings (SSSR count). The minimum absolute atomic E-state index is 0.0145. The standard InChI is InChI=1S/C26H24ClN3O2S/c1-14-6-8-20(10-16(14)3)29-17(4)11-19(18(29)5)12-22-24(31)28-26(33)30(25(22)32)21-9-7-15(2)23(27)13-21/h6-13H,1-5H3,(H,28,31,33)/b22-12+. The Morgan fingerprint density at radius 2 is 1.55 bits per heavy atom. The lowest BCUT2D eigenvalue weighted by molar-refractivity contribution is -0.122. The predicted molar refractivity (Wildman–Crippen MR) is 137 cm³/mol. The second-order valence-corrected chi connectivity index (χ2v) is 9.12. The van der Waals surface area contributed by atoms with E-state index in [9.17, 15) is 9.59 Å².